The molecule has 1 aliphatic heterocycles. The highest BCUT2D eigenvalue weighted by Gasteiger charge is 2.72. The number of esters is 1. The fraction of sp³-hybridized carbons (Fsp3) is 0.316. The number of para-hydroxylation sites is 2. The van der Waals surface area contributed by atoms with Crippen LogP contribution in [-0.2, 0) is 14.1 Å². The lowest BCUT2D eigenvalue weighted by Gasteiger charge is -2.16. The Kier molecular flexibility index (Phi) is 6.03. The average Bonchev–Trinajstić information content (AvgIpc) is 3.28. The van der Waals surface area contributed by atoms with E-state index in [2.05, 4.69) is 0 Å². The average molecular weight is 465 g/mol. The molecule has 0 aromatic heterocycles. The molecule has 2 N–H and O–H groups in total. The van der Waals surface area contributed by atoms with E-state index >= 15 is 0 Å². The number of benzene rings is 2. The van der Waals surface area contributed by atoms with Crippen LogP contribution in [0.25, 0.3) is 0 Å². The second-order valence-corrected chi connectivity index (χ2v) is 9.93. The lowest BCUT2D eigenvalue weighted by Crippen LogP contribution is -2.36. The summed E-state index contributed by atoms with van der Waals surface area (Å²) in [7, 11) is -3.83. The van der Waals surface area contributed by atoms with Crippen LogP contribution >= 0.6 is 7.37 Å². The molecule has 1 heterocycles. The van der Waals surface area contributed by atoms with Crippen LogP contribution in [0, 0.1) is 35.0 Å². The molecule has 31 heavy (non-hydrogen) atoms. The summed E-state index contributed by atoms with van der Waals surface area (Å²) in [4.78, 5) is 12.2. The first-order valence-electron chi connectivity index (χ1n) is 8.94. The molecule has 1 aliphatic rings. The third-order valence-electron chi connectivity index (χ3n) is 4.33. The molecule has 0 saturated carbocycles. The highest BCUT2D eigenvalue weighted by Crippen LogP contribution is 2.73. The predicted molar refractivity (Wildman–Crippen MR) is 98.6 cm³/mol. The number of ether oxygens (including phenoxy) is 2. The number of rotatable bonds is 7. The predicted octanol–water partition coefficient (Wildman–Crippen LogP) is 4.70. The van der Waals surface area contributed by atoms with Gasteiger partial charge in [0.25, 0.3) is 7.37 Å². The van der Waals surface area contributed by atoms with Crippen molar-refractivity contribution in [1.29, 1.82) is 0 Å². The van der Waals surface area contributed by atoms with Crippen molar-refractivity contribution >= 4 is 13.3 Å². The highest BCUT2D eigenvalue weighted by atomic mass is 31.2. The SMILES string of the molecule is CC(C)COC(=O)[C@@]1(N)CP1(=O)Oc1ccccc1Oc1c(F)c(F)c(F)c(F)c1F. The van der Waals surface area contributed by atoms with Gasteiger partial charge in [0, 0.05) is 0 Å². The Morgan fingerprint density at radius 2 is 1.55 bits per heavy atom. The van der Waals surface area contributed by atoms with E-state index in [1.54, 1.807) is 13.8 Å². The second kappa shape index (κ2) is 8.12. The zero-order valence-electron chi connectivity index (χ0n) is 16.3. The maximum Gasteiger partial charge on any atom is 0.338 e. The van der Waals surface area contributed by atoms with Crippen LogP contribution in [0.2, 0.25) is 0 Å². The fourth-order valence-electron chi connectivity index (χ4n) is 2.52. The summed E-state index contributed by atoms with van der Waals surface area (Å²) in [5.41, 5.74) is 5.85. The minimum atomic E-state index is -3.83. The molecule has 0 radical (unpaired) electrons. The molecule has 168 valence electrons. The van der Waals surface area contributed by atoms with Gasteiger partial charge in [-0.1, -0.05) is 26.0 Å². The molecule has 1 unspecified atom stereocenters. The Labute approximate surface area is 173 Å². The van der Waals surface area contributed by atoms with Gasteiger partial charge in [-0.15, -0.1) is 0 Å². The number of carbonyl (C=O) groups excluding carboxylic acids is 1. The molecule has 0 spiro atoms. The van der Waals surface area contributed by atoms with E-state index in [0.717, 1.165) is 6.07 Å². The summed E-state index contributed by atoms with van der Waals surface area (Å²) in [6.07, 6.45) is -0.367. The molecule has 2 aromatic rings. The molecule has 0 aliphatic carbocycles. The Morgan fingerprint density at radius 3 is 2.10 bits per heavy atom. The fourth-order valence-corrected chi connectivity index (χ4v) is 4.60. The van der Waals surface area contributed by atoms with Crippen LogP contribution in [0.3, 0.4) is 0 Å². The molecular weight excluding hydrogens is 448 g/mol. The molecule has 12 heteroatoms. The minimum absolute atomic E-state index is 0.00187. The standard InChI is InChI=1S/C19H17F5NO5P/c1-9(2)7-28-18(26)19(25)8-31(19,27)30-11-6-4-3-5-10(11)29-17-15(23)13(21)12(20)14(22)16(17)24/h3-6,9H,7-8,25H2,1-2H3/t19-,31?/m1/s1. The Bertz CT molecular complexity index is 1070. The summed E-state index contributed by atoms with van der Waals surface area (Å²) in [5, 5.41) is -1.92. The van der Waals surface area contributed by atoms with Crippen molar-refractivity contribution in [1.82, 2.24) is 0 Å². The Hall–Kier alpha value is -2.65. The van der Waals surface area contributed by atoms with Gasteiger partial charge in [0.2, 0.25) is 40.1 Å². The van der Waals surface area contributed by atoms with Crippen molar-refractivity contribution < 1.29 is 45.3 Å². The lowest BCUT2D eigenvalue weighted by atomic mass is 10.2. The monoisotopic (exact) mass is 465 g/mol. The molecule has 0 amide bonds. The summed E-state index contributed by atoms with van der Waals surface area (Å²) < 4.78 is 96.0. The van der Waals surface area contributed by atoms with Crippen LogP contribution in [0.4, 0.5) is 22.0 Å². The number of halogens is 5. The quantitative estimate of drug-likeness (QED) is 0.210. The molecule has 0 bridgehead atoms. The summed E-state index contributed by atoms with van der Waals surface area (Å²) in [6, 6.07) is 4.92. The van der Waals surface area contributed by atoms with Crippen molar-refractivity contribution in [3.8, 4) is 17.2 Å². The van der Waals surface area contributed by atoms with Crippen molar-refractivity contribution in [2.45, 2.75) is 19.1 Å². The minimum Gasteiger partial charge on any atom is -0.464 e. The van der Waals surface area contributed by atoms with Crippen molar-refractivity contribution in [3.63, 3.8) is 0 Å². The van der Waals surface area contributed by atoms with Crippen molar-refractivity contribution in [2.75, 3.05) is 12.8 Å². The lowest BCUT2D eigenvalue weighted by molar-refractivity contribution is -0.146. The zero-order chi connectivity index (χ0) is 23.1. The smallest absolute Gasteiger partial charge is 0.338 e. The van der Waals surface area contributed by atoms with E-state index in [4.69, 9.17) is 19.7 Å². The van der Waals surface area contributed by atoms with Crippen LogP contribution in [0.1, 0.15) is 13.8 Å². The Balaban J connectivity index is 1.87. The molecule has 3 rings (SSSR count). The van der Waals surface area contributed by atoms with Gasteiger partial charge in [-0.3, -0.25) is 4.57 Å². The largest absolute Gasteiger partial charge is 0.464 e. The molecule has 2 atom stereocenters. The van der Waals surface area contributed by atoms with Gasteiger partial charge in [0.1, 0.15) is 0 Å². The maximum atomic E-state index is 13.9. The van der Waals surface area contributed by atoms with E-state index in [0.29, 0.717) is 0 Å². The third-order valence-corrected chi connectivity index (χ3v) is 6.91. The van der Waals surface area contributed by atoms with Gasteiger partial charge in [-0.2, -0.15) is 8.78 Å². The zero-order valence-corrected chi connectivity index (χ0v) is 17.2. The molecule has 1 fully saturated rings. The van der Waals surface area contributed by atoms with Crippen LogP contribution in [0.5, 0.6) is 17.2 Å². The van der Waals surface area contributed by atoms with Gasteiger partial charge >= 0.3 is 5.97 Å². The van der Waals surface area contributed by atoms with Crippen LogP contribution in [-0.4, -0.2) is 24.0 Å². The molecule has 2 aromatic carbocycles. The first-order chi connectivity index (χ1) is 14.4. The number of carbonyl (C=O) groups is 1. The maximum absolute atomic E-state index is 13.9. The van der Waals surface area contributed by atoms with Gasteiger partial charge in [0.15, 0.2) is 11.5 Å². The van der Waals surface area contributed by atoms with E-state index < -0.39 is 59.2 Å². The molecule has 6 nitrogen and oxygen atoms in total. The van der Waals surface area contributed by atoms with Gasteiger partial charge in [-0.25, -0.2) is 18.0 Å². The van der Waals surface area contributed by atoms with Crippen molar-refractivity contribution in [2.24, 2.45) is 11.7 Å². The molecular formula is C19H17F5NO5P. The normalized spacial score (nSPS) is 22.4. The highest BCUT2D eigenvalue weighted by molar-refractivity contribution is 7.70. The summed E-state index contributed by atoms with van der Waals surface area (Å²) >= 11 is 0. The summed E-state index contributed by atoms with van der Waals surface area (Å²) in [6.45, 7) is 3.61. The van der Waals surface area contributed by atoms with Crippen molar-refractivity contribution in [3.05, 3.63) is 53.4 Å². The first-order valence-corrected chi connectivity index (χ1v) is 10.8. The number of hydrogen-bond donors (Lipinski definition) is 1. The Morgan fingerprint density at radius 1 is 1.03 bits per heavy atom. The van der Waals surface area contributed by atoms with E-state index in [9.17, 15) is 31.3 Å². The van der Waals surface area contributed by atoms with Gasteiger partial charge < -0.3 is 19.7 Å². The summed E-state index contributed by atoms with van der Waals surface area (Å²) in [5.74, 6) is -14.5. The van der Waals surface area contributed by atoms with Gasteiger partial charge in [-0.05, 0) is 18.1 Å². The number of hydrogen-bond acceptors (Lipinski definition) is 6. The van der Waals surface area contributed by atoms with Crippen LogP contribution in [0.15, 0.2) is 24.3 Å². The second-order valence-electron chi connectivity index (χ2n) is 7.29. The topological polar surface area (TPSA) is 87.9 Å². The van der Waals surface area contributed by atoms with E-state index in [1.807, 2.05) is 0 Å². The molecule has 1 saturated heterocycles. The van der Waals surface area contributed by atoms with E-state index in [1.165, 1.54) is 18.2 Å². The van der Waals surface area contributed by atoms with E-state index in [-0.39, 0.29) is 24.4 Å². The van der Waals surface area contributed by atoms with Gasteiger partial charge in [0.05, 0.1) is 12.8 Å². The first kappa shape index (κ1) is 23.0. The third kappa shape index (κ3) is 4.12. The van der Waals surface area contributed by atoms with Crippen LogP contribution < -0.4 is 15.0 Å². The number of nitrogens with two attached hydrogens (primary N) is 1.